The Morgan fingerprint density at radius 1 is 1.06 bits per heavy atom. The van der Waals surface area contributed by atoms with Gasteiger partial charge < -0.3 is 29.0 Å². The molecule has 1 aliphatic rings. The minimum Gasteiger partial charge on any atom is -0.493 e. The van der Waals surface area contributed by atoms with Crippen molar-refractivity contribution in [3.8, 4) is 23.0 Å². The number of esters is 1. The molecule has 32 heavy (non-hydrogen) atoms. The first-order valence-corrected chi connectivity index (χ1v) is 9.65. The van der Waals surface area contributed by atoms with Gasteiger partial charge in [0, 0.05) is 12.6 Å². The second-order valence-electron chi connectivity index (χ2n) is 6.64. The third-order valence-electron chi connectivity index (χ3n) is 4.60. The van der Waals surface area contributed by atoms with Crippen molar-refractivity contribution in [3.63, 3.8) is 0 Å². The monoisotopic (exact) mass is 446 g/mol. The second-order valence-corrected chi connectivity index (χ2v) is 6.64. The summed E-state index contributed by atoms with van der Waals surface area (Å²) >= 11 is 0. The van der Waals surface area contributed by atoms with Crippen LogP contribution in [0.25, 0.3) is 0 Å². The van der Waals surface area contributed by atoms with Crippen LogP contribution in [0.4, 0.5) is 5.69 Å². The Labute approximate surface area is 183 Å². The summed E-state index contributed by atoms with van der Waals surface area (Å²) < 4.78 is 26.0. The fraction of sp³-hybridized carbons (Fsp3) is 0.333. The highest BCUT2D eigenvalue weighted by atomic mass is 16.6. The van der Waals surface area contributed by atoms with E-state index in [0.29, 0.717) is 37.7 Å². The standard InChI is InChI=1S/C21H22N2O9/c1-28-17-10-14(15(23(26)27)11-18(17)29-2)21(25)32-12-20(24)22-6-5-13-3-4-16-19(9-13)31-8-7-30-16/h3-4,9-11H,5-8,12H2,1-2H3,(H,22,24). The van der Waals surface area contributed by atoms with Gasteiger partial charge >= 0.3 is 5.97 Å². The minimum absolute atomic E-state index is 0.0904. The molecule has 11 nitrogen and oxygen atoms in total. The quantitative estimate of drug-likeness (QED) is 0.348. The maximum atomic E-state index is 12.3. The molecule has 170 valence electrons. The summed E-state index contributed by atoms with van der Waals surface area (Å²) in [5.74, 6) is -0.0223. The first-order valence-electron chi connectivity index (χ1n) is 9.65. The molecule has 11 heteroatoms. The van der Waals surface area contributed by atoms with Crippen LogP contribution in [0.2, 0.25) is 0 Å². The van der Waals surface area contributed by atoms with E-state index in [0.717, 1.165) is 17.7 Å². The molecular formula is C21H22N2O9. The molecule has 3 rings (SSSR count). The van der Waals surface area contributed by atoms with Crippen LogP contribution in [0.1, 0.15) is 15.9 Å². The molecular weight excluding hydrogens is 424 g/mol. The molecule has 0 atom stereocenters. The fourth-order valence-corrected chi connectivity index (χ4v) is 3.03. The van der Waals surface area contributed by atoms with E-state index in [1.54, 1.807) is 0 Å². The zero-order valence-corrected chi connectivity index (χ0v) is 17.5. The maximum absolute atomic E-state index is 12.3. The van der Waals surface area contributed by atoms with Gasteiger partial charge in [-0.05, 0) is 24.1 Å². The minimum atomic E-state index is -1.03. The van der Waals surface area contributed by atoms with Crippen molar-refractivity contribution >= 4 is 17.6 Å². The zero-order chi connectivity index (χ0) is 23.1. The van der Waals surface area contributed by atoms with Crippen LogP contribution >= 0.6 is 0 Å². The number of carbonyl (C=O) groups excluding carboxylic acids is 2. The van der Waals surface area contributed by atoms with Gasteiger partial charge in [0.05, 0.1) is 25.2 Å². The molecule has 2 aromatic carbocycles. The fourth-order valence-electron chi connectivity index (χ4n) is 3.03. The number of nitro benzene ring substituents is 1. The van der Waals surface area contributed by atoms with Gasteiger partial charge in [0.15, 0.2) is 29.6 Å². The van der Waals surface area contributed by atoms with Crippen molar-refractivity contribution in [1.29, 1.82) is 0 Å². The van der Waals surface area contributed by atoms with Gasteiger partial charge in [-0.1, -0.05) is 6.07 Å². The number of methoxy groups -OCH3 is 2. The van der Waals surface area contributed by atoms with E-state index in [2.05, 4.69) is 5.32 Å². The summed E-state index contributed by atoms with van der Waals surface area (Å²) in [5, 5.41) is 13.9. The molecule has 1 heterocycles. The summed E-state index contributed by atoms with van der Waals surface area (Å²) in [6, 6.07) is 7.72. The lowest BCUT2D eigenvalue weighted by Gasteiger charge is -2.18. The average Bonchev–Trinajstić information content (AvgIpc) is 2.81. The average molecular weight is 446 g/mol. The normalized spacial score (nSPS) is 11.9. The van der Waals surface area contributed by atoms with Crippen molar-refractivity contribution < 1.29 is 38.2 Å². The molecule has 0 bridgehead atoms. The van der Waals surface area contributed by atoms with Crippen molar-refractivity contribution in [1.82, 2.24) is 5.32 Å². The molecule has 1 amide bonds. The molecule has 0 saturated heterocycles. The number of hydrogen-bond acceptors (Lipinski definition) is 9. The number of rotatable bonds is 9. The zero-order valence-electron chi connectivity index (χ0n) is 17.5. The van der Waals surface area contributed by atoms with E-state index < -0.39 is 29.1 Å². The largest absolute Gasteiger partial charge is 0.493 e. The number of nitrogens with one attached hydrogen (secondary N) is 1. The number of carbonyl (C=O) groups is 2. The maximum Gasteiger partial charge on any atom is 0.345 e. The lowest BCUT2D eigenvalue weighted by atomic mass is 10.1. The Morgan fingerprint density at radius 3 is 2.44 bits per heavy atom. The first-order chi connectivity index (χ1) is 15.4. The molecule has 0 aliphatic carbocycles. The van der Waals surface area contributed by atoms with E-state index in [1.807, 2.05) is 18.2 Å². The molecule has 0 fully saturated rings. The van der Waals surface area contributed by atoms with Crippen LogP contribution in [-0.4, -0.2) is 57.4 Å². The smallest absolute Gasteiger partial charge is 0.345 e. The topological polar surface area (TPSA) is 135 Å². The van der Waals surface area contributed by atoms with Gasteiger partial charge in [0.1, 0.15) is 18.8 Å². The van der Waals surface area contributed by atoms with Crippen LogP contribution in [-0.2, 0) is 16.0 Å². The molecule has 0 radical (unpaired) electrons. The van der Waals surface area contributed by atoms with Crippen molar-refractivity contribution in [2.24, 2.45) is 0 Å². The van der Waals surface area contributed by atoms with Crippen LogP contribution in [0, 0.1) is 10.1 Å². The van der Waals surface area contributed by atoms with Gasteiger partial charge in [0.25, 0.3) is 11.6 Å². The van der Waals surface area contributed by atoms with Gasteiger partial charge in [-0.15, -0.1) is 0 Å². The molecule has 0 aromatic heterocycles. The van der Waals surface area contributed by atoms with E-state index in [4.69, 9.17) is 23.7 Å². The lowest BCUT2D eigenvalue weighted by Crippen LogP contribution is -2.30. The summed E-state index contributed by atoms with van der Waals surface area (Å²) in [6.07, 6.45) is 0.525. The van der Waals surface area contributed by atoms with Crippen molar-refractivity contribution in [3.05, 3.63) is 51.6 Å². The predicted molar refractivity (Wildman–Crippen MR) is 111 cm³/mol. The first kappa shape index (κ1) is 22.7. The Bertz CT molecular complexity index is 1020. The highest BCUT2D eigenvalue weighted by Gasteiger charge is 2.26. The molecule has 0 saturated carbocycles. The number of nitrogens with zero attached hydrogens (tertiary/aromatic N) is 1. The number of hydrogen-bond donors (Lipinski definition) is 1. The molecule has 0 unspecified atom stereocenters. The number of amides is 1. The molecule has 2 aromatic rings. The molecule has 1 N–H and O–H groups in total. The van der Waals surface area contributed by atoms with Crippen LogP contribution in [0.15, 0.2) is 30.3 Å². The van der Waals surface area contributed by atoms with E-state index in [9.17, 15) is 19.7 Å². The third-order valence-corrected chi connectivity index (χ3v) is 4.60. The van der Waals surface area contributed by atoms with E-state index in [1.165, 1.54) is 14.2 Å². The van der Waals surface area contributed by atoms with Crippen LogP contribution in [0.5, 0.6) is 23.0 Å². The number of nitro groups is 1. The van der Waals surface area contributed by atoms with Crippen LogP contribution in [0.3, 0.4) is 0 Å². The Kier molecular flexibility index (Phi) is 7.32. The number of fused-ring (bicyclic) bond motifs is 1. The van der Waals surface area contributed by atoms with Gasteiger partial charge in [0.2, 0.25) is 0 Å². The third kappa shape index (κ3) is 5.36. The van der Waals surface area contributed by atoms with Gasteiger partial charge in [-0.3, -0.25) is 14.9 Å². The van der Waals surface area contributed by atoms with E-state index >= 15 is 0 Å². The predicted octanol–water partition coefficient (Wildman–Crippen LogP) is 1.90. The van der Waals surface area contributed by atoms with Crippen molar-refractivity contribution in [2.75, 3.05) is 40.6 Å². The number of ether oxygens (including phenoxy) is 5. The summed E-state index contributed by atoms with van der Waals surface area (Å²) in [6.45, 7) is 0.697. The molecule has 1 aliphatic heterocycles. The second kappa shape index (κ2) is 10.3. The van der Waals surface area contributed by atoms with Gasteiger partial charge in [-0.2, -0.15) is 0 Å². The van der Waals surface area contributed by atoms with Crippen LogP contribution < -0.4 is 24.3 Å². The summed E-state index contributed by atoms with van der Waals surface area (Å²) in [5.41, 5.74) is 0.0656. The summed E-state index contributed by atoms with van der Waals surface area (Å²) in [7, 11) is 2.64. The Hall–Kier alpha value is -4.02. The Morgan fingerprint density at radius 2 is 1.75 bits per heavy atom. The van der Waals surface area contributed by atoms with Crippen molar-refractivity contribution in [2.45, 2.75) is 6.42 Å². The van der Waals surface area contributed by atoms with E-state index in [-0.39, 0.29) is 17.1 Å². The SMILES string of the molecule is COc1cc(C(=O)OCC(=O)NCCc2ccc3c(c2)OCCO3)c([N+](=O)[O-])cc1OC. The number of benzene rings is 2. The lowest BCUT2D eigenvalue weighted by molar-refractivity contribution is -0.385. The highest BCUT2D eigenvalue weighted by Crippen LogP contribution is 2.35. The summed E-state index contributed by atoms with van der Waals surface area (Å²) in [4.78, 5) is 34.9. The molecule has 0 spiro atoms. The Balaban J connectivity index is 1.53. The highest BCUT2D eigenvalue weighted by molar-refractivity contribution is 5.96. The van der Waals surface area contributed by atoms with Gasteiger partial charge in [-0.25, -0.2) is 4.79 Å².